The number of carbonyl (C=O) groups is 1. The summed E-state index contributed by atoms with van der Waals surface area (Å²) in [5.41, 5.74) is 1.82. The van der Waals surface area contributed by atoms with Gasteiger partial charge in [-0.2, -0.15) is 4.99 Å². The van der Waals surface area contributed by atoms with E-state index in [4.69, 9.17) is 16.3 Å². The maximum atomic E-state index is 12.4. The number of thiazole rings is 1. The molecule has 0 saturated heterocycles. The van der Waals surface area contributed by atoms with E-state index in [-0.39, 0.29) is 5.91 Å². The van der Waals surface area contributed by atoms with E-state index in [2.05, 4.69) is 20.9 Å². The average Bonchev–Trinajstić information content (AvgIpc) is 2.97. The van der Waals surface area contributed by atoms with E-state index in [0.717, 1.165) is 20.3 Å². The van der Waals surface area contributed by atoms with Crippen molar-refractivity contribution in [3.8, 4) is 0 Å². The molecule has 0 saturated carbocycles. The van der Waals surface area contributed by atoms with Crippen molar-refractivity contribution in [2.45, 2.75) is 13.5 Å². The van der Waals surface area contributed by atoms with Crippen LogP contribution < -0.4 is 4.80 Å². The van der Waals surface area contributed by atoms with Crippen LogP contribution in [0.25, 0.3) is 16.3 Å². The van der Waals surface area contributed by atoms with Gasteiger partial charge in [0.2, 0.25) is 0 Å². The topological polar surface area (TPSA) is 43.6 Å². The van der Waals surface area contributed by atoms with Gasteiger partial charge >= 0.3 is 0 Å². The van der Waals surface area contributed by atoms with E-state index >= 15 is 0 Å². The molecule has 1 amide bonds. The molecule has 7 heteroatoms. The first-order valence-electron chi connectivity index (χ1n) is 8.46. The zero-order valence-electron chi connectivity index (χ0n) is 14.7. The standard InChI is InChI=1S/C20H18BrClN2O2S/c1-2-26-12-11-24-17-9-8-15(21)13-18(17)27-20(24)23-19(25)10-7-14-5-3-4-6-16(14)22/h3-10,13H,2,11-12H2,1H3/b10-7+,23-20?. The van der Waals surface area contributed by atoms with Crippen molar-refractivity contribution in [3.05, 3.63) is 68.4 Å². The number of hydrogen-bond donors (Lipinski definition) is 0. The first-order chi connectivity index (χ1) is 13.1. The van der Waals surface area contributed by atoms with Gasteiger partial charge in [-0.1, -0.05) is 57.1 Å². The highest BCUT2D eigenvalue weighted by atomic mass is 79.9. The highest BCUT2D eigenvalue weighted by Crippen LogP contribution is 2.22. The Balaban J connectivity index is 1.94. The van der Waals surface area contributed by atoms with E-state index in [1.54, 1.807) is 12.1 Å². The van der Waals surface area contributed by atoms with Crippen molar-refractivity contribution in [3.63, 3.8) is 0 Å². The van der Waals surface area contributed by atoms with Crippen LogP contribution in [0.5, 0.6) is 0 Å². The number of benzene rings is 2. The van der Waals surface area contributed by atoms with E-state index in [1.165, 1.54) is 17.4 Å². The third kappa shape index (κ3) is 5.17. The number of aromatic nitrogens is 1. The summed E-state index contributed by atoms with van der Waals surface area (Å²) in [5.74, 6) is -0.328. The van der Waals surface area contributed by atoms with Gasteiger partial charge in [-0.05, 0) is 42.8 Å². The van der Waals surface area contributed by atoms with Crippen LogP contribution in [0.2, 0.25) is 5.02 Å². The van der Waals surface area contributed by atoms with Crippen LogP contribution in [0.15, 0.2) is 58.0 Å². The van der Waals surface area contributed by atoms with E-state index in [0.29, 0.717) is 29.6 Å². The van der Waals surface area contributed by atoms with E-state index in [1.807, 2.05) is 47.9 Å². The molecule has 27 heavy (non-hydrogen) atoms. The second kappa shape index (κ2) is 9.46. The molecule has 3 aromatic rings. The Hall–Kier alpha value is -1.73. The maximum Gasteiger partial charge on any atom is 0.272 e. The van der Waals surface area contributed by atoms with Crippen LogP contribution in [0.3, 0.4) is 0 Å². The van der Waals surface area contributed by atoms with Crippen molar-refractivity contribution in [2.75, 3.05) is 13.2 Å². The average molecular weight is 466 g/mol. The van der Waals surface area contributed by atoms with Crippen LogP contribution in [0.1, 0.15) is 12.5 Å². The summed E-state index contributed by atoms with van der Waals surface area (Å²) in [6, 6.07) is 13.4. The van der Waals surface area contributed by atoms with Crippen molar-refractivity contribution in [2.24, 2.45) is 4.99 Å². The van der Waals surface area contributed by atoms with Crippen molar-refractivity contribution < 1.29 is 9.53 Å². The summed E-state index contributed by atoms with van der Waals surface area (Å²) >= 11 is 11.1. The molecule has 140 valence electrons. The van der Waals surface area contributed by atoms with Gasteiger partial charge in [-0.25, -0.2) is 0 Å². The van der Waals surface area contributed by atoms with Gasteiger partial charge in [0.25, 0.3) is 5.91 Å². The highest BCUT2D eigenvalue weighted by molar-refractivity contribution is 9.10. The summed E-state index contributed by atoms with van der Waals surface area (Å²) in [6.07, 6.45) is 3.12. The predicted octanol–water partition coefficient (Wildman–Crippen LogP) is 5.30. The predicted molar refractivity (Wildman–Crippen MR) is 115 cm³/mol. The summed E-state index contributed by atoms with van der Waals surface area (Å²) in [4.78, 5) is 17.3. The van der Waals surface area contributed by atoms with Crippen molar-refractivity contribution >= 4 is 61.1 Å². The lowest BCUT2D eigenvalue weighted by molar-refractivity contribution is -0.113. The molecule has 0 fully saturated rings. The Morgan fingerprint density at radius 2 is 2.15 bits per heavy atom. The summed E-state index contributed by atoms with van der Waals surface area (Å²) < 4.78 is 9.54. The largest absolute Gasteiger partial charge is 0.380 e. The monoisotopic (exact) mass is 464 g/mol. The van der Waals surface area contributed by atoms with Crippen LogP contribution >= 0.6 is 38.9 Å². The normalized spacial score (nSPS) is 12.3. The van der Waals surface area contributed by atoms with Gasteiger partial charge in [0, 0.05) is 28.7 Å². The van der Waals surface area contributed by atoms with Gasteiger partial charge in [0.05, 0.1) is 16.8 Å². The Bertz CT molecular complexity index is 1060. The number of amides is 1. The number of rotatable bonds is 6. The first kappa shape index (κ1) is 20.0. The minimum absolute atomic E-state index is 0.328. The molecule has 0 radical (unpaired) electrons. The molecule has 0 aliphatic heterocycles. The number of nitrogens with zero attached hydrogens (tertiary/aromatic N) is 2. The number of carbonyl (C=O) groups excluding carboxylic acids is 1. The number of halogens is 2. The van der Waals surface area contributed by atoms with Crippen LogP contribution in [0.4, 0.5) is 0 Å². The highest BCUT2D eigenvalue weighted by Gasteiger charge is 2.08. The third-order valence-corrected chi connectivity index (χ3v) is 5.70. The first-order valence-corrected chi connectivity index (χ1v) is 10.4. The molecule has 1 aromatic heterocycles. The molecule has 0 bridgehead atoms. The van der Waals surface area contributed by atoms with Gasteiger partial charge in [-0.15, -0.1) is 0 Å². The molecule has 1 heterocycles. The zero-order valence-corrected chi connectivity index (χ0v) is 17.9. The second-order valence-corrected chi connectivity index (χ2v) is 7.98. The molecule has 0 spiro atoms. The smallest absolute Gasteiger partial charge is 0.272 e. The maximum absolute atomic E-state index is 12.4. The lowest BCUT2D eigenvalue weighted by atomic mass is 10.2. The van der Waals surface area contributed by atoms with E-state index < -0.39 is 0 Å². The van der Waals surface area contributed by atoms with Gasteiger partial charge < -0.3 is 9.30 Å². The molecule has 0 unspecified atom stereocenters. The SMILES string of the molecule is CCOCCn1c(=NC(=O)/C=C/c2ccccc2Cl)sc2cc(Br)ccc21. The molecule has 2 aromatic carbocycles. The zero-order chi connectivity index (χ0) is 19.2. The van der Waals surface area contributed by atoms with E-state index in [9.17, 15) is 4.79 Å². The minimum atomic E-state index is -0.328. The molecule has 0 N–H and O–H groups in total. The fourth-order valence-corrected chi connectivity index (χ4v) is 4.36. The fourth-order valence-electron chi connectivity index (χ4n) is 2.55. The van der Waals surface area contributed by atoms with Gasteiger partial charge in [-0.3, -0.25) is 4.79 Å². The number of hydrogen-bond acceptors (Lipinski definition) is 3. The van der Waals surface area contributed by atoms with Gasteiger partial charge in [0.15, 0.2) is 4.80 Å². The molecule has 4 nitrogen and oxygen atoms in total. The molecule has 0 aliphatic carbocycles. The lowest BCUT2D eigenvalue weighted by Crippen LogP contribution is -2.19. The minimum Gasteiger partial charge on any atom is -0.380 e. The van der Waals surface area contributed by atoms with Crippen LogP contribution in [0, 0.1) is 0 Å². The Kier molecular flexibility index (Phi) is 7.01. The van der Waals surface area contributed by atoms with Crippen LogP contribution in [-0.2, 0) is 16.1 Å². The molecule has 0 aliphatic rings. The Morgan fingerprint density at radius 3 is 2.93 bits per heavy atom. The third-order valence-electron chi connectivity index (χ3n) is 3.82. The van der Waals surface area contributed by atoms with Crippen molar-refractivity contribution in [1.82, 2.24) is 4.57 Å². The molecular formula is C20H18BrClN2O2S. The Labute approximate surface area is 174 Å². The fraction of sp³-hybridized carbons (Fsp3) is 0.200. The second-order valence-electron chi connectivity index (χ2n) is 5.65. The summed E-state index contributed by atoms with van der Waals surface area (Å²) in [7, 11) is 0. The van der Waals surface area contributed by atoms with Crippen molar-refractivity contribution in [1.29, 1.82) is 0 Å². The van der Waals surface area contributed by atoms with Gasteiger partial charge in [0.1, 0.15) is 0 Å². The molecule has 0 atom stereocenters. The quantitative estimate of drug-likeness (QED) is 0.366. The number of fused-ring (bicyclic) bond motifs is 1. The molecule has 3 rings (SSSR count). The number of ether oxygens (including phenoxy) is 1. The van der Waals surface area contributed by atoms with Crippen LogP contribution in [-0.4, -0.2) is 23.7 Å². The molecular weight excluding hydrogens is 448 g/mol. The summed E-state index contributed by atoms with van der Waals surface area (Å²) in [6.45, 7) is 3.81. The summed E-state index contributed by atoms with van der Waals surface area (Å²) in [5, 5.41) is 0.597. The Morgan fingerprint density at radius 1 is 1.33 bits per heavy atom. The lowest BCUT2D eigenvalue weighted by Gasteiger charge is -2.05.